The number of imidazole rings is 1. The average molecular weight is 411 g/mol. The van der Waals surface area contributed by atoms with Crippen molar-refractivity contribution in [3.05, 3.63) is 108 Å². The minimum absolute atomic E-state index is 0.716. The molecule has 158 valence electrons. The molecule has 0 saturated carbocycles. The summed E-state index contributed by atoms with van der Waals surface area (Å²) in [6.07, 6.45) is 5.65. The molecular formula is C28H30N2O. The Morgan fingerprint density at radius 2 is 1.65 bits per heavy atom. The number of rotatable bonds is 10. The van der Waals surface area contributed by atoms with Crippen molar-refractivity contribution in [2.45, 2.75) is 39.2 Å². The zero-order valence-electron chi connectivity index (χ0n) is 18.3. The van der Waals surface area contributed by atoms with E-state index in [-0.39, 0.29) is 0 Å². The highest BCUT2D eigenvalue weighted by Crippen LogP contribution is 2.22. The zero-order valence-corrected chi connectivity index (χ0v) is 18.3. The van der Waals surface area contributed by atoms with Gasteiger partial charge in [-0.15, -0.1) is 6.58 Å². The van der Waals surface area contributed by atoms with Crippen LogP contribution in [-0.2, 0) is 19.4 Å². The standard InChI is InChI=1S/C28H30N2O/c1-3-12-23-14-6-9-18-27(23)31-20-11-10-19-30-26-17-8-7-16-25(26)29-28(30)21-24-15-5-4-13-22(24)2/h3-9,13-18H,1,10-12,19-21H2,2H3. The molecule has 0 amide bonds. The van der Waals surface area contributed by atoms with Gasteiger partial charge in [0.2, 0.25) is 0 Å². The van der Waals surface area contributed by atoms with Gasteiger partial charge in [0.25, 0.3) is 0 Å². The summed E-state index contributed by atoms with van der Waals surface area (Å²) in [6.45, 7) is 7.67. The van der Waals surface area contributed by atoms with E-state index in [9.17, 15) is 0 Å². The summed E-state index contributed by atoms with van der Waals surface area (Å²) in [7, 11) is 0. The Kier molecular flexibility index (Phi) is 6.83. The van der Waals surface area contributed by atoms with Gasteiger partial charge in [-0.2, -0.15) is 0 Å². The van der Waals surface area contributed by atoms with Gasteiger partial charge in [-0.1, -0.05) is 60.7 Å². The van der Waals surface area contributed by atoms with Crippen LogP contribution in [0.1, 0.15) is 35.4 Å². The molecule has 1 heterocycles. The SMILES string of the molecule is C=CCc1ccccc1OCCCCn1c(Cc2ccccc2C)nc2ccccc21. The number of hydrogen-bond donors (Lipinski definition) is 0. The molecule has 0 fully saturated rings. The van der Waals surface area contributed by atoms with Crippen LogP contribution < -0.4 is 4.74 Å². The predicted octanol–water partition coefficient (Wildman–Crippen LogP) is 6.52. The lowest BCUT2D eigenvalue weighted by Gasteiger charge is -2.12. The molecule has 3 heteroatoms. The van der Waals surface area contributed by atoms with E-state index in [4.69, 9.17) is 9.72 Å². The topological polar surface area (TPSA) is 27.1 Å². The van der Waals surface area contributed by atoms with E-state index >= 15 is 0 Å². The maximum atomic E-state index is 6.07. The van der Waals surface area contributed by atoms with Crippen molar-refractivity contribution in [1.29, 1.82) is 0 Å². The minimum Gasteiger partial charge on any atom is -0.493 e. The lowest BCUT2D eigenvalue weighted by atomic mass is 10.1. The molecule has 0 aliphatic carbocycles. The van der Waals surface area contributed by atoms with E-state index in [1.165, 1.54) is 22.2 Å². The first-order valence-corrected chi connectivity index (χ1v) is 11.1. The van der Waals surface area contributed by atoms with Crippen molar-refractivity contribution in [2.24, 2.45) is 0 Å². The summed E-state index contributed by atoms with van der Waals surface area (Å²) >= 11 is 0. The highest BCUT2D eigenvalue weighted by Gasteiger charge is 2.12. The summed E-state index contributed by atoms with van der Waals surface area (Å²) in [5.74, 6) is 2.10. The Hall–Kier alpha value is -3.33. The first-order chi connectivity index (χ1) is 15.3. The number of allylic oxidation sites excluding steroid dienone is 1. The van der Waals surface area contributed by atoms with Gasteiger partial charge in [0.05, 0.1) is 17.6 Å². The van der Waals surface area contributed by atoms with E-state index < -0.39 is 0 Å². The Morgan fingerprint density at radius 3 is 2.48 bits per heavy atom. The van der Waals surface area contributed by atoms with Crippen LogP contribution in [0.25, 0.3) is 11.0 Å². The molecule has 0 N–H and O–H groups in total. The lowest BCUT2D eigenvalue weighted by molar-refractivity contribution is 0.301. The summed E-state index contributed by atoms with van der Waals surface area (Å²) in [4.78, 5) is 4.95. The molecule has 1 aromatic heterocycles. The van der Waals surface area contributed by atoms with E-state index in [0.29, 0.717) is 6.61 Å². The molecule has 0 spiro atoms. The number of unbranched alkanes of at least 4 members (excludes halogenated alkanes) is 1. The first kappa shape index (κ1) is 20.9. The third kappa shape index (κ3) is 5.05. The maximum absolute atomic E-state index is 6.07. The van der Waals surface area contributed by atoms with Crippen LogP contribution in [0, 0.1) is 6.92 Å². The molecule has 3 aromatic carbocycles. The van der Waals surface area contributed by atoms with Crippen molar-refractivity contribution in [3.8, 4) is 5.75 Å². The van der Waals surface area contributed by atoms with Crippen molar-refractivity contribution in [3.63, 3.8) is 0 Å². The fourth-order valence-corrected chi connectivity index (χ4v) is 4.01. The quantitative estimate of drug-likeness (QED) is 0.220. The van der Waals surface area contributed by atoms with Gasteiger partial charge in [-0.3, -0.25) is 0 Å². The smallest absolute Gasteiger partial charge is 0.122 e. The Balaban J connectivity index is 1.42. The van der Waals surface area contributed by atoms with Crippen LogP contribution in [0.4, 0.5) is 0 Å². The minimum atomic E-state index is 0.716. The van der Waals surface area contributed by atoms with Crippen molar-refractivity contribution < 1.29 is 4.74 Å². The molecule has 3 nitrogen and oxygen atoms in total. The van der Waals surface area contributed by atoms with E-state index in [2.05, 4.69) is 72.7 Å². The second-order valence-corrected chi connectivity index (χ2v) is 7.93. The summed E-state index contributed by atoms with van der Waals surface area (Å²) in [6, 6.07) is 25.2. The Morgan fingerprint density at radius 1 is 0.903 bits per heavy atom. The Bertz CT molecular complexity index is 1160. The van der Waals surface area contributed by atoms with Gasteiger partial charge in [0.1, 0.15) is 11.6 Å². The fourth-order valence-electron chi connectivity index (χ4n) is 4.01. The van der Waals surface area contributed by atoms with Gasteiger partial charge in [-0.05, 0) is 61.1 Å². The third-order valence-electron chi connectivity index (χ3n) is 5.71. The van der Waals surface area contributed by atoms with E-state index in [1.807, 2.05) is 24.3 Å². The normalized spacial score (nSPS) is 11.0. The molecule has 0 radical (unpaired) electrons. The fraction of sp³-hybridized carbons (Fsp3) is 0.250. The molecule has 0 bridgehead atoms. The first-order valence-electron chi connectivity index (χ1n) is 11.1. The van der Waals surface area contributed by atoms with Crippen molar-refractivity contribution in [2.75, 3.05) is 6.61 Å². The second-order valence-electron chi connectivity index (χ2n) is 7.93. The maximum Gasteiger partial charge on any atom is 0.122 e. The highest BCUT2D eigenvalue weighted by atomic mass is 16.5. The number of nitrogens with zero attached hydrogens (tertiary/aromatic N) is 2. The number of fused-ring (bicyclic) bond motifs is 1. The second kappa shape index (κ2) is 10.1. The van der Waals surface area contributed by atoms with E-state index in [1.54, 1.807) is 0 Å². The molecule has 0 saturated heterocycles. The van der Waals surface area contributed by atoms with E-state index in [0.717, 1.165) is 49.3 Å². The van der Waals surface area contributed by atoms with Crippen LogP contribution in [0.5, 0.6) is 5.75 Å². The summed E-state index contributed by atoms with van der Waals surface area (Å²) < 4.78 is 8.45. The number of aromatic nitrogens is 2. The van der Waals surface area contributed by atoms with Gasteiger partial charge >= 0.3 is 0 Å². The number of hydrogen-bond acceptors (Lipinski definition) is 2. The van der Waals surface area contributed by atoms with Crippen LogP contribution in [0.3, 0.4) is 0 Å². The summed E-state index contributed by atoms with van der Waals surface area (Å²) in [5.41, 5.74) is 6.12. The average Bonchev–Trinajstić information content (AvgIpc) is 3.13. The number of aryl methyl sites for hydroxylation is 2. The third-order valence-corrected chi connectivity index (χ3v) is 5.71. The molecule has 31 heavy (non-hydrogen) atoms. The predicted molar refractivity (Wildman–Crippen MR) is 129 cm³/mol. The number of benzene rings is 3. The van der Waals surface area contributed by atoms with Crippen molar-refractivity contribution in [1.82, 2.24) is 9.55 Å². The van der Waals surface area contributed by atoms with Crippen LogP contribution in [0.2, 0.25) is 0 Å². The number of para-hydroxylation sites is 3. The molecule has 0 atom stereocenters. The Labute approximate surface area is 185 Å². The summed E-state index contributed by atoms with van der Waals surface area (Å²) in [5, 5.41) is 0. The van der Waals surface area contributed by atoms with Crippen LogP contribution >= 0.6 is 0 Å². The highest BCUT2D eigenvalue weighted by molar-refractivity contribution is 5.76. The van der Waals surface area contributed by atoms with Crippen LogP contribution in [-0.4, -0.2) is 16.2 Å². The number of ether oxygens (including phenoxy) is 1. The largest absolute Gasteiger partial charge is 0.493 e. The molecule has 4 rings (SSSR count). The molecule has 0 aliphatic rings. The molecule has 0 aliphatic heterocycles. The zero-order chi connectivity index (χ0) is 21.5. The molecule has 0 unspecified atom stereocenters. The molecule has 4 aromatic rings. The van der Waals surface area contributed by atoms with Gasteiger partial charge in [0.15, 0.2) is 0 Å². The monoisotopic (exact) mass is 410 g/mol. The van der Waals surface area contributed by atoms with Crippen molar-refractivity contribution >= 4 is 11.0 Å². The van der Waals surface area contributed by atoms with Gasteiger partial charge in [0, 0.05) is 13.0 Å². The van der Waals surface area contributed by atoms with Gasteiger partial charge < -0.3 is 9.30 Å². The van der Waals surface area contributed by atoms with Crippen LogP contribution in [0.15, 0.2) is 85.5 Å². The van der Waals surface area contributed by atoms with Gasteiger partial charge in [-0.25, -0.2) is 4.98 Å². The lowest BCUT2D eigenvalue weighted by Crippen LogP contribution is -2.07. The molecular weight excluding hydrogens is 380 g/mol.